The molecule has 100 valence electrons. The molecule has 1 amide bonds. The fourth-order valence-corrected chi connectivity index (χ4v) is 1.77. The summed E-state index contributed by atoms with van der Waals surface area (Å²) in [7, 11) is 0. The largest absolute Gasteiger partial charge is 0.459 e. The predicted octanol–water partition coefficient (Wildman–Crippen LogP) is 2.41. The van der Waals surface area contributed by atoms with E-state index in [-0.39, 0.29) is 17.5 Å². The number of hydrogen-bond acceptors (Lipinski definition) is 3. The smallest absolute Gasteiger partial charge is 0.293 e. The number of carbonyl (C=O) groups is 1. The van der Waals surface area contributed by atoms with E-state index < -0.39 is 0 Å². The van der Waals surface area contributed by atoms with E-state index in [9.17, 15) is 9.18 Å². The van der Waals surface area contributed by atoms with Crippen molar-refractivity contribution >= 4 is 11.6 Å². The Morgan fingerprint density at radius 2 is 2.16 bits per heavy atom. The van der Waals surface area contributed by atoms with Gasteiger partial charge in [0.2, 0.25) is 0 Å². The molecule has 0 saturated heterocycles. The number of amides is 1. The van der Waals surface area contributed by atoms with Gasteiger partial charge in [-0.3, -0.25) is 4.79 Å². The minimum Gasteiger partial charge on any atom is -0.459 e. The van der Waals surface area contributed by atoms with Gasteiger partial charge in [-0.2, -0.15) is 0 Å². The van der Waals surface area contributed by atoms with Crippen molar-refractivity contribution in [1.29, 1.82) is 0 Å². The molecule has 0 spiro atoms. The molecule has 0 saturated carbocycles. The third-order valence-electron chi connectivity index (χ3n) is 2.68. The highest BCUT2D eigenvalue weighted by Crippen LogP contribution is 2.19. The minimum atomic E-state index is -0.387. The second-order valence-corrected chi connectivity index (χ2v) is 4.06. The maximum atomic E-state index is 13.3. The summed E-state index contributed by atoms with van der Waals surface area (Å²) in [5.74, 6) is -0.465. The zero-order chi connectivity index (χ0) is 13.7. The molecule has 19 heavy (non-hydrogen) atoms. The summed E-state index contributed by atoms with van der Waals surface area (Å²) in [6.45, 7) is 0.872. The topological polar surface area (TPSA) is 59.5 Å². The summed E-state index contributed by atoms with van der Waals surface area (Å²) in [6.07, 6.45) is 2.06. The van der Waals surface area contributed by atoms with E-state index in [1.807, 2.05) is 0 Å². The zero-order valence-electron chi connectivity index (χ0n) is 10.4. The van der Waals surface area contributed by atoms with Crippen LogP contribution in [0.2, 0.25) is 0 Å². The molecular weight excluding hydrogens is 247 g/mol. The minimum absolute atomic E-state index is 0.223. The predicted molar refractivity (Wildman–Crippen MR) is 70.5 cm³/mol. The zero-order valence-corrected chi connectivity index (χ0v) is 10.4. The SMILES string of the molecule is NCCCN(C(=O)c1ccco1)c1cccc(F)c1. The summed E-state index contributed by atoms with van der Waals surface area (Å²) in [4.78, 5) is 13.8. The van der Waals surface area contributed by atoms with Crippen molar-refractivity contribution in [2.24, 2.45) is 5.73 Å². The van der Waals surface area contributed by atoms with E-state index in [0.717, 1.165) is 0 Å². The molecule has 0 aliphatic carbocycles. The van der Waals surface area contributed by atoms with Crippen LogP contribution in [0.25, 0.3) is 0 Å². The Hall–Kier alpha value is -2.14. The van der Waals surface area contributed by atoms with E-state index in [0.29, 0.717) is 25.2 Å². The van der Waals surface area contributed by atoms with Gasteiger partial charge in [-0.15, -0.1) is 0 Å². The van der Waals surface area contributed by atoms with Crippen molar-refractivity contribution in [3.05, 3.63) is 54.2 Å². The lowest BCUT2D eigenvalue weighted by Gasteiger charge is -2.21. The molecule has 0 aliphatic heterocycles. The van der Waals surface area contributed by atoms with Crippen molar-refractivity contribution in [3.8, 4) is 0 Å². The van der Waals surface area contributed by atoms with Gasteiger partial charge in [0.05, 0.1) is 6.26 Å². The molecule has 1 heterocycles. The number of nitrogens with two attached hydrogens (primary N) is 1. The monoisotopic (exact) mass is 262 g/mol. The summed E-state index contributed by atoms with van der Waals surface area (Å²) >= 11 is 0. The van der Waals surface area contributed by atoms with Gasteiger partial charge >= 0.3 is 0 Å². The van der Waals surface area contributed by atoms with Gasteiger partial charge in [0.25, 0.3) is 5.91 Å². The Balaban J connectivity index is 2.28. The van der Waals surface area contributed by atoms with Crippen LogP contribution in [0.1, 0.15) is 17.0 Å². The van der Waals surface area contributed by atoms with E-state index in [1.54, 1.807) is 24.3 Å². The average molecular weight is 262 g/mol. The number of anilines is 1. The molecule has 2 N–H and O–H groups in total. The van der Waals surface area contributed by atoms with Gasteiger partial charge < -0.3 is 15.1 Å². The van der Waals surface area contributed by atoms with Crippen LogP contribution in [-0.4, -0.2) is 19.0 Å². The highest BCUT2D eigenvalue weighted by molar-refractivity contribution is 6.04. The van der Waals surface area contributed by atoms with Gasteiger partial charge in [0.15, 0.2) is 5.76 Å². The van der Waals surface area contributed by atoms with Crippen molar-refractivity contribution in [2.75, 3.05) is 18.0 Å². The number of benzene rings is 1. The number of hydrogen-bond donors (Lipinski definition) is 1. The Kier molecular flexibility index (Phi) is 4.30. The molecule has 1 aromatic heterocycles. The maximum Gasteiger partial charge on any atom is 0.293 e. The van der Waals surface area contributed by atoms with Gasteiger partial charge in [0, 0.05) is 12.2 Å². The molecule has 1 aromatic carbocycles. The highest BCUT2D eigenvalue weighted by atomic mass is 19.1. The molecule has 0 radical (unpaired) electrons. The molecule has 0 unspecified atom stereocenters. The molecule has 5 heteroatoms. The van der Waals surface area contributed by atoms with E-state index in [4.69, 9.17) is 10.2 Å². The molecule has 2 aromatic rings. The molecule has 0 bridgehead atoms. The van der Waals surface area contributed by atoms with Crippen LogP contribution in [0.3, 0.4) is 0 Å². The summed E-state index contributed by atoms with van der Waals surface area (Å²) in [5, 5.41) is 0. The quantitative estimate of drug-likeness (QED) is 0.900. The normalized spacial score (nSPS) is 10.4. The molecule has 0 atom stereocenters. The number of rotatable bonds is 5. The summed E-state index contributed by atoms with van der Waals surface area (Å²) in [5.41, 5.74) is 5.96. The van der Waals surface area contributed by atoms with Crippen LogP contribution in [0.5, 0.6) is 0 Å². The van der Waals surface area contributed by atoms with Crippen molar-refractivity contribution in [2.45, 2.75) is 6.42 Å². The molecule has 4 nitrogen and oxygen atoms in total. The van der Waals surface area contributed by atoms with Crippen molar-refractivity contribution in [3.63, 3.8) is 0 Å². The lowest BCUT2D eigenvalue weighted by molar-refractivity contribution is 0.0960. The van der Waals surface area contributed by atoms with Crippen molar-refractivity contribution < 1.29 is 13.6 Å². The number of furan rings is 1. The maximum absolute atomic E-state index is 13.3. The van der Waals surface area contributed by atoms with Gasteiger partial charge in [-0.1, -0.05) is 6.07 Å². The summed E-state index contributed by atoms with van der Waals surface area (Å²) < 4.78 is 18.4. The Bertz CT molecular complexity index is 540. The van der Waals surface area contributed by atoms with Crippen LogP contribution < -0.4 is 10.6 Å². The van der Waals surface area contributed by atoms with Crippen LogP contribution in [-0.2, 0) is 0 Å². The lowest BCUT2D eigenvalue weighted by Crippen LogP contribution is -2.32. The highest BCUT2D eigenvalue weighted by Gasteiger charge is 2.19. The first kappa shape index (κ1) is 13.3. The molecular formula is C14H15FN2O2. The van der Waals surface area contributed by atoms with E-state index in [2.05, 4.69) is 0 Å². The molecule has 0 aliphatic rings. The number of halogens is 1. The number of nitrogens with zero attached hydrogens (tertiary/aromatic N) is 1. The van der Waals surface area contributed by atoms with Gasteiger partial charge in [0.1, 0.15) is 5.82 Å². The van der Waals surface area contributed by atoms with Gasteiger partial charge in [-0.25, -0.2) is 4.39 Å². The van der Waals surface area contributed by atoms with E-state index in [1.165, 1.54) is 23.3 Å². The Morgan fingerprint density at radius 3 is 2.79 bits per heavy atom. The fraction of sp³-hybridized carbons (Fsp3) is 0.214. The Labute approximate surface area is 110 Å². The molecule has 2 rings (SSSR count). The summed E-state index contributed by atoms with van der Waals surface area (Å²) in [6, 6.07) is 9.12. The number of carbonyl (C=O) groups excluding carboxylic acids is 1. The third-order valence-corrected chi connectivity index (χ3v) is 2.68. The van der Waals surface area contributed by atoms with Crippen LogP contribution in [0.4, 0.5) is 10.1 Å². The van der Waals surface area contributed by atoms with Gasteiger partial charge in [-0.05, 0) is 43.3 Å². The van der Waals surface area contributed by atoms with Crippen LogP contribution in [0.15, 0.2) is 47.1 Å². The second-order valence-electron chi connectivity index (χ2n) is 4.06. The van der Waals surface area contributed by atoms with Crippen LogP contribution >= 0.6 is 0 Å². The average Bonchev–Trinajstić information content (AvgIpc) is 2.93. The van der Waals surface area contributed by atoms with Crippen LogP contribution in [0, 0.1) is 5.82 Å². The third kappa shape index (κ3) is 3.20. The first-order chi connectivity index (χ1) is 9.22. The molecule has 0 fully saturated rings. The van der Waals surface area contributed by atoms with Crippen molar-refractivity contribution in [1.82, 2.24) is 0 Å². The standard InChI is InChI=1S/C14H15FN2O2/c15-11-4-1-5-12(10-11)17(8-3-7-16)14(18)13-6-2-9-19-13/h1-2,4-6,9-10H,3,7-8,16H2. The van der Waals surface area contributed by atoms with E-state index >= 15 is 0 Å². The Morgan fingerprint density at radius 1 is 1.32 bits per heavy atom. The first-order valence-electron chi connectivity index (χ1n) is 6.03. The second kappa shape index (κ2) is 6.15. The first-order valence-corrected chi connectivity index (χ1v) is 6.03. The fourth-order valence-electron chi connectivity index (χ4n) is 1.77. The lowest BCUT2D eigenvalue weighted by atomic mass is 10.2.